The molecule has 0 unspecified atom stereocenters. The number of rotatable bonds is 6. The summed E-state index contributed by atoms with van der Waals surface area (Å²) in [6.07, 6.45) is 6.42. The summed E-state index contributed by atoms with van der Waals surface area (Å²) in [5, 5.41) is 3.36. The van der Waals surface area contributed by atoms with Crippen molar-refractivity contribution in [2.24, 2.45) is 17.8 Å². The number of carbonyl (C=O) groups excluding carboxylic acids is 2. The maximum atomic E-state index is 12.9. The smallest absolute Gasteiger partial charge is 0.241 e. The molecule has 3 fully saturated rings. The van der Waals surface area contributed by atoms with Crippen LogP contribution in [-0.2, 0) is 19.6 Å². The predicted molar refractivity (Wildman–Crippen MR) is 111 cm³/mol. The molecule has 0 aliphatic carbocycles. The fourth-order valence-electron chi connectivity index (χ4n) is 5.18. The number of halogens is 1. The van der Waals surface area contributed by atoms with E-state index in [0.29, 0.717) is 25.3 Å². The zero-order valence-electron chi connectivity index (χ0n) is 17.1. The summed E-state index contributed by atoms with van der Waals surface area (Å²) in [7, 11) is -3.61. The lowest BCUT2D eigenvalue weighted by Gasteiger charge is -2.29. The second kappa shape index (κ2) is 9.30. The fraction of sp³-hybridized carbons (Fsp3) is 0.895. The molecular formula is C19H34ClN3O4S. The topological polar surface area (TPSA) is 86.8 Å². The highest BCUT2D eigenvalue weighted by Crippen LogP contribution is 2.41. The molecule has 1 N–H and O–H groups in total. The van der Waals surface area contributed by atoms with Gasteiger partial charge in [-0.05, 0) is 57.0 Å². The number of likely N-dealkylation sites (tertiary alicyclic amines) is 1. The second-order valence-corrected chi connectivity index (χ2v) is 10.5. The highest BCUT2D eigenvalue weighted by molar-refractivity contribution is 7.88. The Morgan fingerprint density at radius 1 is 1.21 bits per heavy atom. The summed E-state index contributed by atoms with van der Waals surface area (Å²) in [5.74, 6) is 0.00278. The summed E-state index contributed by atoms with van der Waals surface area (Å²) in [4.78, 5) is 27.5. The molecule has 7 nitrogen and oxygen atoms in total. The van der Waals surface area contributed by atoms with Gasteiger partial charge in [-0.25, -0.2) is 12.7 Å². The van der Waals surface area contributed by atoms with Crippen molar-refractivity contribution in [1.29, 1.82) is 0 Å². The van der Waals surface area contributed by atoms with Crippen molar-refractivity contribution in [3.8, 4) is 0 Å². The number of piperidine rings is 1. The zero-order valence-corrected chi connectivity index (χ0v) is 18.7. The average Bonchev–Trinajstić information content (AvgIpc) is 3.11. The van der Waals surface area contributed by atoms with Gasteiger partial charge < -0.3 is 10.2 Å². The third kappa shape index (κ3) is 4.65. The van der Waals surface area contributed by atoms with Crippen LogP contribution in [0.15, 0.2) is 0 Å². The third-order valence-corrected chi connectivity index (χ3v) is 7.61. The van der Waals surface area contributed by atoms with Crippen LogP contribution >= 0.6 is 12.4 Å². The number of hydrogen-bond donors (Lipinski definition) is 1. The van der Waals surface area contributed by atoms with Gasteiger partial charge in [0.15, 0.2) is 0 Å². The van der Waals surface area contributed by atoms with E-state index in [1.807, 2.05) is 13.8 Å². The summed E-state index contributed by atoms with van der Waals surface area (Å²) >= 11 is 0. The largest absolute Gasteiger partial charge is 0.337 e. The van der Waals surface area contributed by atoms with Gasteiger partial charge in [-0.1, -0.05) is 13.8 Å². The van der Waals surface area contributed by atoms with Crippen LogP contribution in [0.1, 0.15) is 52.4 Å². The highest BCUT2D eigenvalue weighted by atomic mass is 35.5. The number of nitrogens with one attached hydrogen (secondary N) is 1. The molecule has 0 bridgehead atoms. The lowest BCUT2D eigenvalue weighted by atomic mass is 9.88. The van der Waals surface area contributed by atoms with Crippen LogP contribution in [0, 0.1) is 17.8 Å². The van der Waals surface area contributed by atoms with E-state index in [-0.39, 0.29) is 36.2 Å². The molecule has 0 spiro atoms. The van der Waals surface area contributed by atoms with E-state index in [1.54, 1.807) is 4.90 Å². The molecule has 162 valence electrons. The quantitative estimate of drug-likeness (QED) is 0.685. The van der Waals surface area contributed by atoms with Gasteiger partial charge >= 0.3 is 0 Å². The van der Waals surface area contributed by atoms with Crippen molar-refractivity contribution < 1.29 is 18.0 Å². The monoisotopic (exact) mass is 435 g/mol. The average molecular weight is 436 g/mol. The van der Waals surface area contributed by atoms with E-state index in [1.165, 1.54) is 12.8 Å². The van der Waals surface area contributed by atoms with Gasteiger partial charge in [-0.3, -0.25) is 9.59 Å². The number of carbonyl (C=O) groups is 2. The van der Waals surface area contributed by atoms with E-state index >= 15 is 0 Å². The summed E-state index contributed by atoms with van der Waals surface area (Å²) < 4.78 is 25.4. The number of hydrogen-bond acceptors (Lipinski definition) is 5. The van der Waals surface area contributed by atoms with Crippen molar-refractivity contribution in [3.05, 3.63) is 0 Å². The van der Waals surface area contributed by atoms with Crippen molar-refractivity contribution in [1.82, 2.24) is 14.5 Å². The molecule has 0 radical (unpaired) electrons. The van der Waals surface area contributed by atoms with E-state index < -0.39 is 22.0 Å². The fourth-order valence-corrected chi connectivity index (χ4v) is 6.35. The Bertz CT molecular complexity index is 679. The molecule has 2 amide bonds. The number of nitrogens with zero attached hydrogens (tertiary/aromatic N) is 2. The molecule has 3 atom stereocenters. The van der Waals surface area contributed by atoms with E-state index in [0.717, 1.165) is 36.5 Å². The van der Waals surface area contributed by atoms with Crippen LogP contribution in [0.2, 0.25) is 0 Å². The molecule has 9 heteroatoms. The Labute approximate surface area is 175 Å². The number of amides is 2. The minimum Gasteiger partial charge on any atom is -0.337 e. The molecule has 0 aromatic rings. The molecule has 3 aliphatic heterocycles. The maximum absolute atomic E-state index is 12.9. The van der Waals surface area contributed by atoms with Crippen LogP contribution in [-0.4, -0.2) is 67.4 Å². The van der Waals surface area contributed by atoms with Crippen molar-refractivity contribution in [2.75, 3.05) is 25.9 Å². The Kier molecular flexibility index (Phi) is 7.78. The standard InChI is InChI=1S/C19H33N3O4S.ClH/c1-13(2)17-18-15(22(19(17)24)27(3,25)26)9-12-21(18)16(23)6-4-5-14-7-10-20-11-8-14;/h13-15,17-18,20H,4-12H2,1-3H3;1H/t15-,17+,18-;/m0./s1. The first-order valence-electron chi connectivity index (χ1n) is 10.2. The van der Waals surface area contributed by atoms with Crippen LogP contribution in [0.25, 0.3) is 0 Å². The Balaban J connectivity index is 0.00000280. The zero-order chi connectivity index (χ0) is 19.8. The molecule has 3 heterocycles. The van der Waals surface area contributed by atoms with Crippen LogP contribution in [0.4, 0.5) is 0 Å². The Morgan fingerprint density at radius 2 is 1.86 bits per heavy atom. The van der Waals surface area contributed by atoms with Crippen molar-refractivity contribution in [2.45, 2.75) is 64.5 Å². The van der Waals surface area contributed by atoms with E-state index in [2.05, 4.69) is 5.32 Å². The van der Waals surface area contributed by atoms with Gasteiger partial charge in [0.1, 0.15) is 0 Å². The lowest BCUT2D eigenvalue weighted by molar-refractivity contribution is -0.134. The van der Waals surface area contributed by atoms with Crippen LogP contribution in [0.5, 0.6) is 0 Å². The van der Waals surface area contributed by atoms with Gasteiger partial charge in [0.2, 0.25) is 21.8 Å². The van der Waals surface area contributed by atoms with Gasteiger partial charge in [0.05, 0.1) is 24.3 Å². The molecule has 28 heavy (non-hydrogen) atoms. The van der Waals surface area contributed by atoms with Gasteiger partial charge in [-0.2, -0.15) is 0 Å². The van der Waals surface area contributed by atoms with Crippen molar-refractivity contribution >= 4 is 34.2 Å². The SMILES string of the molecule is CC(C)[C@H]1C(=O)N(S(C)(=O)=O)[C@H]2CCN(C(=O)CCCC3CCNCC3)[C@H]12.Cl. The molecular weight excluding hydrogens is 402 g/mol. The van der Waals surface area contributed by atoms with E-state index in [4.69, 9.17) is 0 Å². The minimum absolute atomic E-state index is 0. The van der Waals surface area contributed by atoms with Gasteiger partial charge in [-0.15, -0.1) is 12.4 Å². The predicted octanol–water partition coefficient (Wildman–Crippen LogP) is 1.62. The number of sulfonamides is 1. The summed E-state index contributed by atoms with van der Waals surface area (Å²) in [6, 6.07) is -0.702. The van der Waals surface area contributed by atoms with Crippen LogP contribution in [0.3, 0.4) is 0 Å². The summed E-state index contributed by atoms with van der Waals surface area (Å²) in [5.41, 5.74) is 0. The Hall–Kier alpha value is -0.860. The first-order valence-corrected chi connectivity index (χ1v) is 12.1. The lowest BCUT2D eigenvalue weighted by Crippen LogP contribution is -2.44. The first-order chi connectivity index (χ1) is 12.7. The Morgan fingerprint density at radius 3 is 2.43 bits per heavy atom. The van der Waals surface area contributed by atoms with Gasteiger partial charge in [0, 0.05) is 13.0 Å². The summed E-state index contributed by atoms with van der Waals surface area (Å²) in [6.45, 7) is 6.54. The normalized spacial score (nSPS) is 28.6. The highest BCUT2D eigenvalue weighted by Gasteiger charge is 2.58. The first kappa shape index (κ1) is 23.4. The van der Waals surface area contributed by atoms with Crippen LogP contribution < -0.4 is 5.32 Å². The number of fused-ring (bicyclic) bond motifs is 1. The molecule has 0 saturated carbocycles. The molecule has 0 aromatic carbocycles. The van der Waals surface area contributed by atoms with Crippen molar-refractivity contribution in [3.63, 3.8) is 0 Å². The molecule has 3 saturated heterocycles. The third-order valence-electron chi connectivity index (χ3n) is 6.45. The molecule has 3 aliphatic rings. The molecule has 3 rings (SSSR count). The maximum Gasteiger partial charge on any atom is 0.241 e. The minimum atomic E-state index is -3.61. The molecule has 0 aromatic heterocycles. The van der Waals surface area contributed by atoms with E-state index in [9.17, 15) is 18.0 Å². The second-order valence-electron chi connectivity index (χ2n) is 8.69. The van der Waals surface area contributed by atoms with Gasteiger partial charge in [0.25, 0.3) is 0 Å².